The van der Waals surface area contributed by atoms with Crippen molar-refractivity contribution in [3.05, 3.63) is 24.4 Å². The summed E-state index contributed by atoms with van der Waals surface area (Å²) in [7, 11) is 1.89. The Morgan fingerprint density at radius 2 is 2.00 bits per heavy atom. The molecule has 0 aromatic rings. The van der Waals surface area contributed by atoms with Crippen molar-refractivity contribution < 1.29 is 0 Å². The molecule has 0 radical (unpaired) electrons. The highest BCUT2D eigenvalue weighted by Crippen LogP contribution is 2.20. The van der Waals surface area contributed by atoms with E-state index in [2.05, 4.69) is 33.4 Å². The fourth-order valence-electron chi connectivity index (χ4n) is 1.28. The van der Waals surface area contributed by atoms with Crippen LogP contribution in [0.2, 0.25) is 0 Å². The molecule has 0 unspecified atom stereocenters. The van der Waals surface area contributed by atoms with Gasteiger partial charge in [0.1, 0.15) is 0 Å². The molecule has 0 aromatic carbocycles. The van der Waals surface area contributed by atoms with Crippen LogP contribution in [-0.4, -0.2) is 12.1 Å². The van der Waals surface area contributed by atoms with Gasteiger partial charge in [-0.15, -0.1) is 6.58 Å². The third kappa shape index (κ3) is 6.72. The number of hydrogen-bond acceptors (Lipinski definition) is 2. The van der Waals surface area contributed by atoms with Crippen LogP contribution < -0.4 is 5.84 Å². The Hall–Kier alpha value is -0.760. The molecule has 2 heteroatoms. The van der Waals surface area contributed by atoms with Crippen LogP contribution in [0.3, 0.4) is 0 Å². The molecule has 0 saturated carbocycles. The van der Waals surface area contributed by atoms with Crippen molar-refractivity contribution >= 4 is 0 Å². The molecule has 0 spiro atoms. The molecule has 0 aliphatic rings. The van der Waals surface area contributed by atoms with Crippen LogP contribution in [0.15, 0.2) is 24.4 Å². The molecule has 0 fully saturated rings. The summed E-state index contributed by atoms with van der Waals surface area (Å²) in [6, 6.07) is 0. The molecule has 82 valence electrons. The van der Waals surface area contributed by atoms with Gasteiger partial charge in [-0.2, -0.15) is 0 Å². The van der Waals surface area contributed by atoms with Crippen molar-refractivity contribution in [3.8, 4) is 0 Å². The monoisotopic (exact) mass is 196 g/mol. The lowest BCUT2D eigenvalue weighted by atomic mass is 9.94. The summed E-state index contributed by atoms with van der Waals surface area (Å²) in [6.45, 7) is 10.3. The Morgan fingerprint density at radius 1 is 1.43 bits per heavy atom. The van der Waals surface area contributed by atoms with Crippen molar-refractivity contribution in [2.75, 3.05) is 7.05 Å². The van der Waals surface area contributed by atoms with Gasteiger partial charge in [0, 0.05) is 12.7 Å². The second-order valence-electron chi connectivity index (χ2n) is 4.79. The highest BCUT2D eigenvalue weighted by molar-refractivity contribution is 5.04. The molecule has 0 rings (SSSR count). The first-order chi connectivity index (χ1) is 6.37. The molecule has 0 aliphatic carbocycles. The maximum atomic E-state index is 5.77. The van der Waals surface area contributed by atoms with Crippen molar-refractivity contribution in [2.45, 2.75) is 40.0 Å². The highest BCUT2D eigenvalue weighted by Gasteiger charge is 2.09. The standard InChI is InChI=1S/C12H24N2/c1-6-7-8-9-11(14(5)13)10-12(2,3)4/h6,10H,1,7-9,13H2,2-5H3/b11-10-. The van der Waals surface area contributed by atoms with Crippen LogP contribution in [-0.2, 0) is 0 Å². The van der Waals surface area contributed by atoms with Crippen LogP contribution in [0.1, 0.15) is 40.0 Å². The van der Waals surface area contributed by atoms with E-state index in [1.807, 2.05) is 13.1 Å². The summed E-state index contributed by atoms with van der Waals surface area (Å²) < 4.78 is 0. The van der Waals surface area contributed by atoms with Gasteiger partial charge in [-0.25, -0.2) is 5.84 Å². The van der Waals surface area contributed by atoms with Gasteiger partial charge in [0.2, 0.25) is 0 Å². The third-order valence-corrected chi connectivity index (χ3v) is 1.89. The van der Waals surface area contributed by atoms with E-state index < -0.39 is 0 Å². The number of hydrogen-bond donors (Lipinski definition) is 1. The molecular formula is C12H24N2. The van der Waals surface area contributed by atoms with Crippen LogP contribution in [0.5, 0.6) is 0 Å². The SMILES string of the molecule is C=CCCC/C(=C/C(C)(C)C)N(C)N. The summed E-state index contributed by atoms with van der Waals surface area (Å²) in [5.41, 5.74) is 1.40. The number of rotatable bonds is 5. The summed E-state index contributed by atoms with van der Waals surface area (Å²) in [5, 5.41) is 1.72. The predicted molar refractivity (Wildman–Crippen MR) is 63.5 cm³/mol. The maximum absolute atomic E-state index is 5.77. The van der Waals surface area contributed by atoms with Crippen LogP contribution in [0, 0.1) is 5.41 Å². The summed E-state index contributed by atoms with van der Waals surface area (Å²) in [4.78, 5) is 0. The summed E-state index contributed by atoms with van der Waals surface area (Å²) in [5.74, 6) is 5.77. The van der Waals surface area contributed by atoms with Gasteiger partial charge in [-0.3, -0.25) is 0 Å². The fourth-order valence-corrected chi connectivity index (χ4v) is 1.28. The molecule has 0 atom stereocenters. The predicted octanol–water partition coefficient (Wildman–Crippen LogP) is 3.08. The van der Waals surface area contributed by atoms with E-state index in [1.54, 1.807) is 5.01 Å². The Balaban J connectivity index is 4.30. The lowest BCUT2D eigenvalue weighted by Gasteiger charge is -2.21. The van der Waals surface area contributed by atoms with E-state index >= 15 is 0 Å². The lowest BCUT2D eigenvalue weighted by Crippen LogP contribution is -2.26. The van der Waals surface area contributed by atoms with E-state index in [4.69, 9.17) is 5.84 Å². The van der Waals surface area contributed by atoms with Crippen LogP contribution >= 0.6 is 0 Å². The zero-order valence-electron chi connectivity index (χ0n) is 10.0. The molecule has 0 saturated heterocycles. The van der Waals surface area contributed by atoms with Gasteiger partial charge < -0.3 is 5.01 Å². The van der Waals surface area contributed by atoms with Crippen molar-refractivity contribution in [1.29, 1.82) is 0 Å². The average Bonchev–Trinajstić information content (AvgIpc) is 2.00. The van der Waals surface area contributed by atoms with E-state index in [0.29, 0.717) is 0 Å². The van der Waals surface area contributed by atoms with E-state index in [0.717, 1.165) is 19.3 Å². The number of hydrazine groups is 1. The molecule has 0 heterocycles. The molecule has 0 aromatic heterocycles. The van der Waals surface area contributed by atoms with Crippen LogP contribution in [0.25, 0.3) is 0 Å². The molecule has 14 heavy (non-hydrogen) atoms. The smallest absolute Gasteiger partial charge is 0.0253 e. The Labute approximate surface area is 88.4 Å². The molecule has 2 nitrogen and oxygen atoms in total. The van der Waals surface area contributed by atoms with E-state index in [-0.39, 0.29) is 5.41 Å². The first-order valence-electron chi connectivity index (χ1n) is 5.18. The minimum Gasteiger partial charge on any atom is -0.319 e. The normalized spacial score (nSPS) is 12.8. The van der Waals surface area contributed by atoms with Gasteiger partial charge in [-0.1, -0.05) is 32.9 Å². The second kappa shape index (κ2) is 5.86. The van der Waals surface area contributed by atoms with Gasteiger partial charge in [0.25, 0.3) is 0 Å². The number of nitrogens with zero attached hydrogens (tertiary/aromatic N) is 1. The largest absolute Gasteiger partial charge is 0.319 e. The Morgan fingerprint density at radius 3 is 2.36 bits per heavy atom. The first-order valence-corrected chi connectivity index (χ1v) is 5.18. The molecular weight excluding hydrogens is 172 g/mol. The summed E-state index contributed by atoms with van der Waals surface area (Å²) in [6.07, 6.45) is 7.37. The quantitative estimate of drug-likeness (QED) is 0.317. The van der Waals surface area contributed by atoms with Gasteiger partial charge in [0.15, 0.2) is 0 Å². The maximum Gasteiger partial charge on any atom is 0.0253 e. The lowest BCUT2D eigenvalue weighted by molar-refractivity contribution is 0.399. The van der Waals surface area contributed by atoms with E-state index in [1.165, 1.54) is 5.70 Å². The number of unbranched alkanes of at least 4 members (excludes halogenated alkanes) is 1. The topological polar surface area (TPSA) is 29.3 Å². The minimum atomic E-state index is 0.192. The van der Waals surface area contributed by atoms with Gasteiger partial charge >= 0.3 is 0 Å². The minimum absolute atomic E-state index is 0.192. The van der Waals surface area contributed by atoms with Gasteiger partial charge in [0.05, 0.1) is 0 Å². The molecule has 2 N–H and O–H groups in total. The number of nitrogens with two attached hydrogens (primary N) is 1. The molecule has 0 amide bonds. The fraction of sp³-hybridized carbons (Fsp3) is 0.667. The highest BCUT2D eigenvalue weighted by atomic mass is 15.4. The Kier molecular flexibility index (Phi) is 5.55. The van der Waals surface area contributed by atoms with Crippen molar-refractivity contribution in [1.82, 2.24) is 5.01 Å². The second-order valence-corrected chi connectivity index (χ2v) is 4.79. The number of allylic oxidation sites excluding steroid dienone is 3. The zero-order chi connectivity index (χ0) is 11.2. The third-order valence-electron chi connectivity index (χ3n) is 1.89. The van der Waals surface area contributed by atoms with Crippen molar-refractivity contribution in [3.63, 3.8) is 0 Å². The van der Waals surface area contributed by atoms with Gasteiger partial charge in [-0.05, 0) is 24.7 Å². The Bertz CT molecular complexity index is 197. The molecule has 0 bridgehead atoms. The molecule has 0 aliphatic heterocycles. The van der Waals surface area contributed by atoms with Crippen LogP contribution in [0.4, 0.5) is 0 Å². The summed E-state index contributed by atoms with van der Waals surface area (Å²) >= 11 is 0. The van der Waals surface area contributed by atoms with E-state index in [9.17, 15) is 0 Å². The zero-order valence-corrected chi connectivity index (χ0v) is 10.0. The average molecular weight is 196 g/mol. The first kappa shape index (κ1) is 13.2. The van der Waals surface area contributed by atoms with Crippen molar-refractivity contribution in [2.24, 2.45) is 11.3 Å².